The number of nitrogens with zero attached hydrogens (tertiary/aromatic N) is 5. The van der Waals surface area contributed by atoms with Crippen LogP contribution in [0.3, 0.4) is 0 Å². The van der Waals surface area contributed by atoms with Gasteiger partial charge in [0.2, 0.25) is 0 Å². The molecule has 4 heterocycles. The van der Waals surface area contributed by atoms with Crippen molar-refractivity contribution in [3.8, 4) is 11.3 Å². The van der Waals surface area contributed by atoms with Crippen LogP contribution >= 0.6 is 11.3 Å². The largest absolute Gasteiger partial charge is 0.419 e. The zero-order chi connectivity index (χ0) is 25.9. The van der Waals surface area contributed by atoms with E-state index in [1.165, 1.54) is 12.5 Å². The number of ketones is 1. The van der Waals surface area contributed by atoms with Gasteiger partial charge >= 0.3 is 6.18 Å². The number of hydrogen-bond acceptors (Lipinski definition) is 8. The van der Waals surface area contributed by atoms with Gasteiger partial charge in [0.05, 0.1) is 28.7 Å². The number of hydrogen-bond donors (Lipinski definition) is 1. The molecule has 0 fully saturated rings. The van der Waals surface area contributed by atoms with Crippen LogP contribution in [-0.4, -0.2) is 36.6 Å². The van der Waals surface area contributed by atoms with E-state index in [1.54, 1.807) is 37.5 Å². The van der Waals surface area contributed by atoms with Gasteiger partial charge in [0.25, 0.3) is 5.91 Å². The Morgan fingerprint density at radius 3 is 2.61 bits per heavy atom. The first-order valence-electron chi connectivity index (χ1n) is 10.4. The number of rotatable bonds is 7. The molecule has 4 rings (SSSR count). The van der Waals surface area contributed by atoms with Gasteiger partial charge in [-0.1, -0.05) is 6.92 Å². The number of alkyl halides is 3. The number of amides is 1. The number of thiazole rings is 1. The number of carbonyl (C=O) groups excluding carboxylic acids is 2. The maximum absolute atomic E-state index is 13.4. The lowest BCUT2D eigenvalue weighted by molar-refractivity contribution is -0.140. The van der Waals surface area contributed by atoms with Crippen LogP contribution in [0.4, 0.5) is 23.4 Å². The summed E-state index contributed by atoms with van der Waals surface area (Å²) >= 11 is 0.978. The van der Waals surface area contributed by atoms with E-state index in [2.05, 4.69) is 30.2 Å². The first-order valence-corrected chi connectivity index (χ1v) is 11.2. The zero-order valence-electron chi connectivity index (χ0n) is 18.5. The highest BCUT2D eigenvalue weighted by atomic mass is 32.1. The van der Waals surface area contributed by atoms with Gasteiger partial charge < -0.3 is 5.32 Å². The highest BCUT2D eigenvalue weighted by Gasteiger charge is 2.35. The fourth-order valence-corrected chi connectivity index (χ4v) is 4.04. The lowest BCUT2D eigenvalue weighted by Gasteiger charge is -2.09. The second-order valence-electron chi connectivity index (χ2n) is 7.62. The summed E-state index contributed by atoms with van der Waals surface area (Å²) < 4.78 is 52.1. The number of anilines is 1. The molecule has 0 saturated carbocycles. The molecule has 1 amide bonds. The molecular formula is C23H16F4N6O2S. The van der Waals surface area contributed by atoms with E-state index in [4.69, 9.17) is 0 Å². The van der Waals surface area contributed by atoms with Gasteiger partial charge in [0.15, 0.2) is 11.6 Å². The Kier molecular flexibility index (Phi) is 7.10. The summed E-state index contributed by atoms with van der Waals surface area (Å²) in [6.45, 7) is 1.75. The van der Waals surface area contributed by atoms with Crippen LogP contribution in [0.15, 0.2) is 55.4 Å². The molecule has 4 aromatic rings. The third-order valence-corrected chi connectivity index (χ3v) is 6.20. The Morgan fingerprint density at radius 1 is 1.08 bits per heavy atom. The molecule has 36 heavy (non-hydrogen) atoms. The average Bonchev–Trinajstić information content (AvgIpc) is 3.36. The van der Waals surface area contributed by atoms with Gasteiger partial charge in [-0.2, -0.15) is 13.2 Å². The number of nitrogens with one attached hydrogen (secondary N) is 1. The van der Waals surface area contributed by atoms with E-state index < -0.39 is 29.3 Å². The van der Waals surface area contributed by atoms with Crippen LogP contribution < -0.4 is 5.32 Å². The Hall–Kier alpha value is -4.13. The number of carbonyl (C=O) groups is 2. The third kappa shape index (κ3) is 5.74. The minimum absolute atomic E-state index is 0.0481. The topological polar surface area (TPSA) is 111 Å². The molecule has 0 aliphatic heterocycles. The number of pyridine rings is 2. The first kappa shape index (κ1) is 25.0. The summed E-state index contributed by atoms with van der Waals surface area (Å²) in [6, 6.07) is 5.54. The minimum Gasteiger partial charge on any atom is -0.306 e. The molecule has 0 radical (unpaired) electrons. The molecule has 0 spiro atoms. The van der Waals surface area contributed by atoms with Crippen molar-refractivity contribution in [1.82, 2.24) is 24.9 Å². The molecule has 184 valence electrons. The quantitative estimate of drug-likeness (QED) is 0.266. The SMILES string of the molecule is CC(CC(=O)c1cc(-c2cccnc2)ncn1)c1ncc(C(=O)Nc2cc(C(F)(F)F)c(F)cn2)s1. The summed E-state index contributed by atoms with van der Waals surface area (Å²) in [5.41, 5.74) is -0.0459. The molecule has 1 unspecified atom stereocenters. The van der Waals surface area contributed by atoms with E-state index >= 15 is 0 Å². The van der Waals surface area contributed by atoms with E-state index in [-0.39, 0.29) is 28.7 Å². The summed E-state index contributed by atoms with van der Waals surface area (Å²) in [6.07, 6.45) is 1.28. The van der Waals surface area contributed by atoms with Gasteiger partial charge in [0, 0.05) is 30.3 Å². The summed E-state index contributed by atoms with van der Waals surface area (Å²) in [4.78, 5) is 45.2. The van der Waals surface area contributed by atoms with Gasteiger partial charge in [0.1, 0.15) is 22.7 Å². The number of Topliss-reactive ketones (excluding diaryl/α,β-unsaturated/α-hetero) is 1. The van der Waals surface area contributed by atoms with Crippen molar-refractivity contribution in [3.63, 3.8) is 0 Å². The van der Waals surface area contributed by atoms with Crippen LogP contribution in [0.25, 0.3) is 11.3 Å². The van der Waals surface area contributed by atoms with E-state index in [0.717, 1.165) is 16.9 Å². The molecule has 0 saturated heterocycles. The number of aromatic nitrogens is 5. The van der Waals surface area contributed by atoms with Gasteiger partial charge in [-0.25, -0.2) is 24.3 Å². The van der Waals surface area contributed by atoms with Gasteiger partial charge in [-0.15, -0.1) is 11.3 Å². The molecule has 4 aromatic heterocycles. The van der Waals surface area contributed by atoms with Gasteiger partial charge in [-0.3, -0.25) is 14.6 Å². The zero-order valence-corrected chi connectivity index (χ0v) is 19.3. The Morgan fingerprint density at radius 2 is 1.89 bits per heavy atom. The van der Waals surface area contributed by atoms with Crippen molar-refractivity contribution in [3.05, 3.63) is 82.3 Å². The Bertz CT molecular complexity index is 1410. The Labute approximate surface area is 205 Å². The fourth-order valence-electron chi connectivity index (χ4n) is 3.17. The molecule has 0 bridgehead atoms. The predicted molar refractivity (Wildman–Crippen MR) is 122 cm³/mol. The summed E-state index contributed by atoms with van der Waals surface area (Å²) in [5.74, 6) is -3.40. The second-order valence-corrected chi connectivity index (χ2v) is 8.68. The van der Waals surface area contributed by atoms with Crippen LogP contribution in [0.2, 0.25) is 0 Å². The monoisotopic (exact) mass is 516 g/mol. The standard InChI is InChI=1S/C23H16F4N6O2S/c1-12(5-18(34)17-7-16(31-11-32-17)13-3-2-4-28-8-13)22-30-10-19(36-22)21(35)33-20-6-14(23(25,26)27)15(24)9-29-20/h2-4,6-12H,5H2,1H3,(H,29,33,35). The summed E-state index contributed by atoms with van der Waals surface area (Å²) in [7, 11) is 0. The molecule has 0 aliphatic rings. The normalized spacial score (nSPS) is 12.2. The predicted octanol–water partition coefficient (Wildman–Crippen LogP) is 5.18. The minimum atomic E-state index is -4.94. The summed E-state index contributed by atoms with van der Waals surface area (Å²) in [5, 5.41) is 2.67. The molecule has 0 aliphatic carbocycles. The lowest BCUT2D eigenvalue weighted by atomic mass is 10.0. The van der Waals surface area contributed by atoms with Crippen molar-refractivity contribution in [2.24, 2.45) is 0 Å². The van der Waals surface area contributed by atoms with Crippen LogP contribution in [0, 0.1) is 5.82 Å². The van der Waals surface area contributed by atoms with Crippen molar-refractivity contribution in [2.45, 2.75) is 25.4 Å². The van der Waals surface area contributed by atoms with Crippen LogP contribution in [-0.2, 0) is 6.18 Å². The van der Waals surface area contributed by atoms with E-state index in [1.807, 2.05) is 0 Å². The maximum Gasteiger partial charge on any atom is 0.419 e. The molecular weight excluding hydrogens is 500 g/mol. The lowest BCUT2D eigenvalue weighted by Crippen LogP contribution is -2.14. The maximum atomic E-state index is 13.4. The van der Waals surface area contributed by atoms with Crippen molar-refractivity contribution < 1.29 is 27.2 Å². The van der Waals surface area contributed by atoms with Crippen molar-refractivity contribution in [1.29, 1.82) is 0 Å². The van der Waals surface area contributed by atoms with Crippen LogP contribution in [0.1, 0.15) is 50.0 Å². The molecule has 1 atom stereocenters. The molecule has 0 aromatic carbocycles. The van der Waals surface area contributed by atoms with Crippen molar-refractivity contribution in [2.75, 3.05) is 5.32 Å². The molecule has 13 heteroatoms. The molecule has 8 nitrogen and oxygen atoms in total. The van der Waals surface area contributed by atoms with Crippen molar-refractivity contribution >= 4 is 28.8 Å². The van der Waals surface area contributed by atoms with Gasteiger partial charge in [-0.05, 0) is 24.3 Å². The van der Waals surface area contributed by atoms with Crippen LogP contribution in [0.5, 0.6) is 0 Å². The molecule has 1 N–H and O–H groups in total. The first-order chi connectivity index (χ1) is 17.1. The smallest absolute Gasteiger partial charge is 0.306 e. The highest BCUT2D eigenvalue weighted by Crippen LogP contribution is 2.32. The number of halogens is 4. The van der Waals surface area contributed by atoms with E-state index in [0.29, 0.717) is 23.0 Å². The third-order valence-electron chi connectivity index (χ3n) is 4.97. The fraction of sp³-hybridized carbons (Fsp3) is 0.174. The highest BCUT2D eigenvalue weighted by molar-refractivity contribution is 7.13. The average molecular weight is 516 g/mol. The second kappa shape index (κ2) is 10.2. The van der Waals surface area contributed by atoms with E-state index in [9.17, 15) is 27.2 Å². The Balaban J connectivity index is 1.43.